The number of carbonyl (C=O) groups is 1. The van der Waals surface area contributed by atoms with Crippen molar-refractivity contribution >= 4 is 5.91 Å². The molecule has 1 heterocycles. The summed E-state index contributed by atoms with van der Waals surface area (Å²) in [7, 11) is 0. The van der Waals surface area contributed by atoms with E-state index in [0.717, 1.165) is 6.42 Å². The van der Waals surface area contributed by atoms with Crippen LogP contribution in [-0.4, -0.2) is 22.6 Å². The Bertz CT molecular complexity index is 495. The van der Waals surface area contributed by atoms with Gasteiger partial charge in [0.05, 0.1) is 12.1 Å². The molecule has 0 aromatic heterocycles. The number of rotatable bonds is 1. The summed E-state index contributed by atoms with van der Waals surface area (Å²) in [4.78, 5) is 14.2. The van der Waals surface area contributed by atoms with E-state index in [1.165, 1.54) is 11.1 Å². The van der Waals surface area contributed by atoms with E-state index in [1.807, 2.05) is 31.7 Å². The lowest BCUT2D eigenvalue weighted by Crippen LogP contribution is -2.44. The largest absolute Gasteiger partial charge is 0.350 e. The number of hydrogen-bond acceptors (Lipinski definition) is 2. The van der Waals surface area contributed by atoms with Gasteiger partial charge >= 0.3 is 0 Å². The van der Waals surface area contributed by atoms with Crippen molar-refractivity contribution in [3.05, 3.63) is 35.4 Å². The third kappa shape index (κ3) is 1.50. The molecule has 1 aromatic carbocycles. The first kappa shape index (κ1) is 11.7. The number of benzene rings is 1. The van der Waals surface area contributed by atoms with Gasteiger partial charge in [0, 0.05) is 12.8 Å². The number of hydrogen-bond donors (Lipinski definition) is 0. The van der Waals surface area contributed by atoms with Crippen LogP contribution < -0.4 is 0 Å². The fourth-order valence-corrected chi connectivity index (χ4v) is 3.34. The minimum Gasteiger partial charge on any atom is -0.350 e. The van der Waals surface area contributed by atoms with E-state index in [1.54, 1.807) is 0 Å². The van der Waals surface area contributed by atoms with Crippen molar-refractivity contribution in [3.63, 3.8) is 0 Å². The quantitative estimate of drug-likeness (QED) is 0.761. The minimum absolute atomic E-state index is 0.101. The molecule has 3 nitrogen and oxygen atoms in total. The normalized spacial score (nSPS) is 28.1. The van der Waals surface area contributed by atoms with Crippen LogP contribution in [0.25, 0.3) is 0 Å². The number of ether oxygens (including phenoxy) is 1. The number of carbonyl (C=O) groups excluding carboxylic acids is 1. The molecule has 3 rings (SSSR count). The molecule has 2 atom stereocenters. The van der Waals surface area contributed by atoms with Crippen molar-refractivity contribution in [1.82, 2.24) is 4.90 Å². The van der Waals surface area contributed by atoms with Gasteiger partial charge in [-0.1, -0.05) is 31.2 Å². The van der Waals surface area contributed by atoms with Crippen molar-refractivity contribution in [2.75, 3.05) is 0 Å². The van der Waals surface area contributed by atoms with Crippen molar-refractivity contribution in [1.29, 1.82) is 0 Å². The van der Waals surface area contributed by atoms with Crippen molar-refractivity contribution in [2.24, 2.45) is 0 Å². The first-order valence-corrected chi connectivity index (χ1v) is 6.62. The summed E-state index contributed by atoms with van der Waals surface area (Å²) in [6.45, 7) is 5.88. The molecule has 1 aliphatic carbocycles. The van der Waals surface area contributed by atoms with Crippen LogP contribution in [0.4, 0.5) is 0 Å². The SMILES string of the molecule is CCC(=O)N1[C@H]2c3ccccc3CC2OC1(C)C. The lowest BCUT2D eigenvalue weighted by molar-refractivity contribution is -0.147. The maximum atomic E-state index is 12.2. The van der Waals surface area contributed by atoms with Crippen LogP contribution in [0.15, 0.2) is 24.3 Å². The van der Waals surface area contributed by atoms with Gasteiger partial charge in [-0.3, -0.25) is 4.79 Å². The molecule has 1 aromatic rings. The molecule has 0 saturated carbocycles. The molecule has 1 fully saturated rings. The molecule has 96 valence electrons. The third-order valence-corrected chi connectivity index (χ3v) is 4.02. The Kier molecular flexibility index (Phi) is 2.49. The molecule has 1 amide bonds. The van der Waals surface area contributed by atoms with E-state index in [4.69, 9.17) is 4.74 Å². The Morgan fingerprint density at radius 3 is 2.89 bits per heavy atom. The van der Waals surface area contributed by atoms with Crippen LogP contribution in [0.2, 0.25) is 0 Å². The first-order chi connectivity index (χ1) is 8.54. The number of fused-ring (bicyclic) bond motifs is 3. The smallest absolute Gasteiger partial charge is 0.225 e. The van der Waals surface area contributed by atoms with E-state index in [0.29, 0.717) is 6.42 Å². The van der Waals surface area contributed by atoms with E-state index in [9.17, 15) is 4.79 Å². The van der Waals surface area contributed by atoms with Gasteiger partial charge in [0.25, 0.3) is 0 Å². The second-order valence-electron chi connectivity index (χ2n) is 5.57. The highest BCUT2D eigenvalue weighted by atomic mass is 16.5. The summed E-state index contributed by atoms with van der Waals surface area (Å²) in [6, 6.07) is 8.46. The van der Waals surface area contributed by atoms with Gasteiger partial charge < -0.3 is 9.64 Å². The van der Waals surface area contributed by atoms with Crippen LogP contribution in [0.1, 0.15) is 44.4 Å². The van der Waals surface area contributed by atoms with Gasteiger partial charge in [-0.15, -0.1) is 0 Å². The average molecular weight is 245 g/mol. The monoisotopic (exact) mass is 245 g/mol. The van der Waals surface area contributed by atoms with Crippen LogP contribution in [0.3, 0.4) is 0 Å². The second-order valence-corrected chi connectivity index (χ2v) is 5.57. The molecule has 0 bridgehead atoms. The molecule has 0 spiro atoms. The van der Waals surface area contributed by atoms with E-state index < -0.39 is 5.72 Å². The molecule has 1 saturated heterocycles. The Labute approximate surface area is 108 Å². The third-order valence-electron chi connectivity index (χ3n) is 4.02. The maximum Gasteiger partial charge on any atom is 0.225 e. The van der Waals surface area contributed by atoms with E-state index in [2.05, 4.69) is 18.2 Å². The fourth-order valence-electron chi connectivity index (χ4n) is 3.34. The van der Waals surface area contributed by atoms with Crippen LogP contribution in [0, 0.1) is 0 Å². The first-order valence-electron chi connectivity index (χ1n) is 6.62. The second kappa shape index (κ2) is 3.82. The average Bonchev–Trinajstić information content (AvgIpc) is 2.78. The highest BCUT2D eigenvalue weighted by Gasteiger charge is 2.52. The lowest BCUT2D eigenvalue weighted by Gasteiger charge is -2.33. The zero-order valence-electron chi connectivity index (χ0n) is 11.1. The molecule has 1 unspecified atom stereocenters. The van der Waals surface area contributed by atoms with Crippen LogP contribution in [0.5, 0.6) is 0 Å². The van der Waals surface area contributed by atoms with Crippen LogP contribution >= 0.6 is 0 Å². The maximum absolute atomic E-state index is 12.2. The van der Waals surface area contributed by atoms with Gasteiger partial charge in [-0.05, 0) is 25.0 Å². The van der Waals surface area contributed by atoms with Gasteiger partial charge in [-0.25, -0.2) is 0 Å². The topological polar surface area (TPSA) is 29.5 Å². The van der Waals surface area contributed by atoms with Gasteiger partial charge in [0.1, 0.15) is 5.72 Å². The zero-order valence-corrected chi connectivity index (χ0v) is 11.1. The zero-order chi connectivity index (χ0) is 12.9. The van der Waals surface area contributed by atoms with Crippen molar-refractivity contribution < 1.29 is 9.53 Å². The Morgan fingerprint density at radius 2 is 2.17 bits per heavy atom. The van der Waals surface area contributed by atoms with Gasteiger partial charge in [-0.2, -0.15) is 0 Å². The number of amides is 1. The molecular weight excluding hydrogens is 226 g/mol. The molecule has 3 heteroatoms. The van der Waals surface area contributed by atoms with Crippen LogP contribution in [-0.2, 0) is 16.0 Å². The van der Waals surface area contributed by atoms with Gasteiger partial charge in [0.15, 0.2) is 0 Å². The summed E-state index contributed by atoms with van der Waals surface area (Å²) in [5, 5.41) is 0. The number of nitrogens with zero attached hydrogens (tertiary/aromatic N) is 1. The summed E-state index contributed by atoms with van der Waals surface area (Å²) in [6.07, 6.45) is 1.56. The molecule has 0 N–H and O–H groups in total. The summed E-state index contributed by atoms with van der Waals surface area (Å²) in [5.41, 5.74) is 2.09. The molecular formula is C15H19NO2. The predicted octanol–water partition coefficient (Wildman–Crippen LogP) is 2.66. The highest BCUT2D eigenvalue weighted by Crippen LogP contribution is 2.48. The van der Waals surface area contributed by atoms with Crippen molar-refractivity contribution in [2.45, 2.75) is 51.5 Å². The Balaban J connectivity index is 2.05. The molecule has 18 heavy (non-hydrogen) atoms. The molecule has 0 radical (unpaired) electrons. The van der Waals surface area contributed by atoms with Crippen molar-refractivity contribution in [3.8, 4) is 0 Å². The summed E-state index contributed by atoms with van der Waals surface area (Å²) in [5.74, 6) is 0.171. The fraction of sp³-hybridized carbons (Fsp3) is 0.533. The standard InChI is InChI=1S/C15H19NO2/c1-4-13(17)16-14-11-8-6-5-7-10(11)9-12(14)18-15(16,2)3/h5-8,12,14H,4,9H2,1-3H3/t12?,14-/m0/s1. The van der Waals surface area contributed by atoms with E-state index >= 15 is 0 Å². The van der Waals surface area contributed by atoms with Gasteiger partial charge in [0.2, 0.25) is 5.91 Å². The molecule has 1 aliphatic heterocycles. The summed E-state index contributed by atoms with van der Waals surface area (Å²) >= 11 is 0. The van der Waals surface area contributed by atoms with E-state index in [-0.39, 0.29) is 18.1 Å². The predicted molar refractivity (Wildman–Crippen MR) is 69.0 cm³/mol. The lowest BCUT2D eigenvalue weighted by atomic mass is 10.0. The Morgan fingerprint density at radius 1 is 1.44 bits per heavy atom. The minimum atomic E-state index is -0.490. The summed E-state index contributed by atoms with van der Waals surface area (Å²) < 4.78 is 6.10. The molecule has 2 aliphatic rings. The highest BCUT2D eigenvalue weighted by molar-refractivity contribution is 5.77. The Hall–Kier alpha value is -1.35.